The number of anilines is 1. The number of aryl methyl sites for hydroxylation is 1. The number of nitrogens with zero attached hydrogens (tertiary/aromatic N) is 1. The number of benzene rings is 2. The summed E-state index contributed by atoms with van der Waals surface area (Å²) in [7, 11) is 0. The number of fused-ring (bicyclic) bond motifs is 1. The highest BCUT2D eigenvalue weighted by Crippen LogP contribution is 2.28. The standard InChI is InChI=1S/C22H26N2O3/c1-15(2)17-10-9-16(3)13-20(17)27-12-6-11-24-19-8-5-4-7-18(19)22(26)23-14-21(24)25/h4-5,7-10,13,15H,6,11-12,14H2,1-3H3,(H,23,26). The Bertz CT molecular complexity index is 845. The van der Waals surface area contributed by atoms with Crippen molar-refractivity contribution >= 4 is 17.5 Å². The molecular weight excluding hydrogens is 340 g/mol. The molecule has 0 saturated carbocycles. The Morgan fingerprint density at radius 3 is 2.70 bits per heavy atom. The Labute approximate surface area is 160 Å². The Balaban J connectivity index is 1.67. The van der Waals surface area contributed by atoms with E-state index < -0.39 is 0 Å². The van der Waals surface area contributed by atoms with Gasteiger partial charge < -0.3 is 15.0 Å². The number of hydrogen-bond donors (Lipinski definition) is 1. The second-order valence-electron chi connectivity index (χ2n) is 7.14. The summed E-state index contributed by atoms with van der Waals surface area (Å²) in [4.78, 5) is 26.3. The first kappa shape index (κ1) is 19.0. The van der Waals surface area contributed by atoms with E-state index >= 15 is 0 Å². The van der Waals surface area contributed by atoms with Gasteiger partial charge in [-0.3, -0.25) is 9.59 Å². The largest absolute Gasteiger partial charge is 0.493 e. The molecule has 0 bridgehead atoms. The average molecular weight is 366 g/mol. The smallest absolute Gasteiger partial charge is 0.253 e. The van der Waals surface area contributed by atoms with E-state index in [1.54, 1.807) is 17.0 Å². The number of nitrogens with one attached hydrogen (secondary N) is 1. The van der Waals surface area contributed by atoms with Gasteiger partial charge in [0.1, 0.15) is 5.75 Å². The van der Waals surface area contributed by atoms with E-state index in [9.17, 15) is 9.59 Å². The molecule has 0 unspecified atom stereocenters. The van der Waals surface area contributed by atoms with Gasteiger partial charge in [0, 0.05) is 6.54 Å². The van der Waals surface area contributed by atoms with Gasteiger partial charge in [-0.05, 0) is 48.6 Å². The molecule has 2 aromatic rings. The molecule has 2 amide bonds. The van der Waals surface area contributed by atoms with Gasteiger partial charge in [0.15, 0.2) is 0 Å². The van der Waals surface area contributed by atoms with Crippen LogP contribution in [0, 0.1) is 6.92 Å². The molecule has 5 nitrogen and oxygen atoms in total. The van der Waals surface area contributed by atoms with Crippen molar-refractivity contribution in [3.05, 3.63) is 59.2 Å². The van der Waals surface area contributed by atoms with Crippen LogP contribution in [-0.2, 0) is 4.79 Å². The third-order valence-electron chi connectivity index (χ3n) is 4.72. The minimum Gasteiger partial charge on any atom is -0.493 e. The summed E-state index contributed by atoms with van der Waals surface area (Å²) in [6, 6.07) is 13.5. The highest BCUT2D eigenvalue weighted by atomic mass is 16.5. The fraction of sp³-hybridized carbons (Fsp3) is 0.364. The van der Waals surface area contributed by atoms with Crippen LogP contribution in [-0.4, -0.2) is 31.5 Å². The maximum absolute atomic E-state index is 12.4. The number of carbonyl (C=O) groups excluding carboxylic acids is 2. The molecule has 5 heteroatoms. The zero-order valence-corrected chi connectivity index (χ0v) is 16.1. The first-order chi connectivity index (χ1) is 13.0. The van der Waals surface area contributed by atoms with Crippen LogP contribution in [0.5, 0.6) is 5.75 Å². The van der Waals surface area contributed by atoms with E-state index in [0.29, 0.717) is 36.7 Å². The molecule has 0 radical (unpaired) electrons. The van der Waals surface area contributed by atoms with E-state index in [0.717, 1.165) is 11.3 Å². The number of para-hydroxylation sites is 1. The average Bonchev–Trinajstić information content (AvgIpc) is 2.76. The van der Waals surface area contributed by atoms with Gasteiger partial charge in [-0.25, -0.2) is 0 Å². The molecule has 142 valence electrons. The van der Waals surface area contributed by atoms with Crippen LogP contribution in [0.15, 0.2) is 42.5 Å². The predicted molar refractivity (Wildman–Crippen MR) is 107 cm³/mol. The van der Waals surface area contributed by atoms with Crippen molar-refractivity contribution in [1.82, 2.24) is 5.32 Å². The molecular formula is C22H26N2O3. The highest BCUT2D eigenvalue weighted by Gasteiger charge is 2.25. The summed E-state index contributed by atoms with van der Waals surface area (Å²) < 4.78 is 6.03. The molecule has 0 atom stereocenters. The maximum atomic E-state index is 12.4. The van der Waals surface area contributed by atoms with Crippen LogP contribution in [0.4, 0.5) is 5.69 Å². The molecule has 27 heavy (non-hydrogen) atoms. The topological polar surface area (TPSA) is 58.6 Å². The maximum Gasteiger partial charge on any atom is 0.253 e. The van der Waals surface area contributed by atoms with Crippen molar-refractivity contribution in [1.29, 1.82) is 0 Å². The normalized spacial score (nSPS) is 14.0. The van der Waals surface area contributed by atoms with Gasteiger partial charge in [0.05, 0.1) is 24.4 Å². The van der Waals surface area contributed by atoms with E-state index in [-0.39, 0.29) is 18.4 Å². The monoisotopic (exact) mass is 366 g/mol. The summed E-state index contributed by atoms with van der Waals surface area (Å²) in [5, 5.41) is 2.66. The summed E-state index contributed by atoms with van der Waals surface area (Å²) in [5.74, 6) is 0.979. The van der Waals surface area contributed by atoms with E-state index in [1.807, 2.05) is 19.1 Å². The van der Waals surface area contributed by atoms with Crippen molar-refractivity contribution in [2.75, 3.05) is 24.6 Å². The fourth-order valence-electron chi connectivity index (χ4n) is 3.28. The minimum absolute atomic E-state index is 0.0176. The lowest BCUT2D eigenvalue weighted by Crippen LogP contribution is -2.37. The molecule has 1 aliphatic heterocycles. The molecule has 2 aromatic carbocycles. The Morgan fingerprint density at radius 1 is 1.15 bits per heavy atom. The van der Waals surface area contributed by atoms with E-state index in [2.05, 4.69) is 37.4 Å². The van der Waals surface area contributed by atoms with Crippen molar-refractivity contribution in [3.8, 4) is 5.75 Å². The first-order valence-electron chi connectivity index (χ1n) is 9.38. The van der Waals surface area contributed by atoms with E-state index in [1.165, 1.54) is 5.56 Å². The molecule has 0 aromatic heterocycles. The summed E-state index contributed by atoms with van der Waals surface area (Å²) >= 11 is 0. The van der Waals surface area contributed by atoms with Gasteiger partial charge >= 0.3 is 0 Å². The molecule has 1 N–H and O–H groups in total. The summed E-state index contributed by atoms with van der Waals surface area (Å²) in [6.45, 7) is 7.38. The van der Waals surface area contributed by atoms with E-state index in [4.69, 9.17) is 4.74 Å². The Kier molecular flexibility index (Phi) is 5.79. The lowest BCUT2D eigenvalue weighted by molar-refractivity contribution is -0.117. The molecule has 1 heterocycles. The highest BCUT2D eigenvalue weighted by molar-refractivity contribution is 6.09. The number of amides is 2. The summed E-state index contributed by atoms with van der Waals surface area (Å²) in [5.41, 5.74) is 3.54. The Morgan fingerprint density at radius 2 is 1.93 bits per heavy atom. The SMILES string of the molecule is Cc1ccc(C(C)C)c(OCCCN2C(=O)CNC(=O)c3ccccc32)c1. The lowest BCUT2D eigenvalue weighted by atomic mass is 10.0. The number of ether oxygens (including phenoxy) is 1. The second-order valence-corrected chi connectivity index (χ2v) is 7.14. The van der Waals surface area contributed by atoms with Crippen LogP contribution in [0.25, 0.3) is 0 Å². The third-order valence-corrected chi connectivity index (χ3v) is 4.72. The van der Waals surface area contributed by atoms with Crippen LogP contribution < -0.4 is 15.0 Å². The predicted octanol–water partition coefficient (Wildman–Crippen LogP) is 3.66. The lowest BCUT2D eigenvalue weighted by Gasteiger charge is -2.22. The van der Waals surface area contributed by atoms with Gasteiger partial charge in [0.2, 0.25) is 5.91 Å². The van der Waals surface area contributed by atoms with Gasteiger partial charge in [0.25, 0.3) is 5.91 Å². The first-order valence-corrected chi connectivity index (χ1v) is 9.38. The molecule has 0 spiro atoms. The van der Waals surface area contributed by atoms with Crippen LogP contribution in [0.3, 0.4) is 0 Å². The van der Waals surface area contributed by atoms with Crippen molar-refractivity contribution in [3.63, 3.8) is 0 Å². The molecule has 3 rings (SSSR count). The minimum atomic E-state index is -0.209. The summed E-state index contributed by atoms with van der Waals surface area (Å²) in [6.07, 6.45) is 0.680. The Hall–Kier alpha value is -2.82. The second kappa shape index (κ2) is 8.25. The van der Waals surface area contributed by atoms with Crippen LogP contribution >= 0.6 is 0 Å². The van der Waals surface area contributed by atoms with Gasteiger partial charge in [-0.1, -0.05) is 38.1 Å². The fourth-order valence-corrected chi connectivity index (χ4v) is 3.28. The van der Waals surface area contributed by atoms with Crippen molar-refractivity contribution < 1.29 is 14.3 Å². The van der Waals surface area contributed by atoms with Gasteiger partial charge in [-0.15, -0.1) is 0 Å². The van der Waals surface area contributed by atoms with Crippen molar-refractivity contribution in [2.24, 2.45) is 0 Å². The molecule has 0 aliphatic carbocycles. The van der Waals surface area contributed by atoms with Crippen LogP contribution in [0.1, 0.15) is 47.7 Å². The van der Waals surface area contributed by atoms with Gasteiger partial charge in [-0.2, -0.15) is 0 Å². The third kappa shape index (κ3) is 4.30. The van der Waals surface area contributed by atoms with Crippen molar-refractivity contribution in [2.45, 2.75) is 33.1 Å². The number of rotatable bonds is 6. The number of hydrogen-bond acceptors (Lipinski definition) is 3. The molecule has 1 aliphatic rings. The molecule has 0 saturated heterocycles. The zero-order valence-electron chi connectivity index (χ0n) is 16.1. The number of carbonyl (C=O) groups is 2. The zero-order chi connectivity index (χ0) is 19.4. The quantitative estimate of drug-likeness (QED) is 0.794. The molecule has 0 fully saturated rings. The van der Waals surface area contributed by atoms with Crippen LogP contribution in [0.2, 0.25) is 0 Å².